The van der Waals surface area contributed by atoms with Gasteiger partial charge in [0.15, 0.2) is 0 Å². The molecule has 1 fully saturated rings. The van der Waals surface area contributed by atoms with Crippen LogP contribution in [0.1, 0.15) is 6.42 Å². The Hall–Kier alpha value is -1.00. The van der Waals surface area contributed by atoms with Gasteiger partial charge >= 0.3 is 0 Å². The largest absolute Gasteiger partial charge is 0.342 e. The van der Waals surface area contributed by atoms with Crippen molar-refractivity contribution >= 4 is 17.7 Å². The lowest BCUT2D eigenvalue weighted by atomic mass is 10.1. The van der Waals surface area contributed by atoms with Crippen LogP contribution in [0.2, 0.25) is 0 Å². The third-order valence-electron chi connectivity index (χ3n) is 3.24. The van der Waals surface area contributed by atoms with Crippen molar-refractivity contribution in [3.63, 3.8) is 0 Å². The first-order chi connectivity index (χ1) is 8.79. The van der Waals surface area contributed by atoms with E-state index < -0.39 is 0 Å². The molecule has 2 rings (SSSR count). The Morgan fingerprint density at radius 3 is 2.94 bits per heavy atom. The highest BCUT2D eigenvalue weighted by atomic mass is 32.2. The Kier molecular flexibility index (Phi) is 5.08. The Balaban J connectivity index is 1.76. The number of nitrogens with one attached hydrogen (secondary N) is 1. The zero-order valence-electron chi connectivity index (χ0n) is 10.8. The molecule has 1 amide bonds. The molecule has 18 heavy (non-hydrogen) atoms. The molecule has 1 N–H and O–H groups in total. The summed E-state index contributed by atoms with van der Waals surface area (Å²) in [6, 6.07) is 10.1. The highest BCUT2D eigenvalue weighted by Gasteiger charge is 2.25. The van der Waals surface area contributed by atoms with Gasteiger partial charge in [0.25, 0.3) is 0 Å². The zero-order chi connectivity index (χ0) is 12.8. The van der Waals surface area contributed by atoms with Gasteiger partial charge in [-0.25, -0.2) is 0 Å². The first-order valence-corrected chi connectivity index (χ1v) is 7.38. The molecule has 3 nitrogen and oxygen atoms in total. The average Bonchev–Trinajstić information content (AvgIpc) is 2.86. The topological polar surface area (TPSA) is 32.3 Å². The van der Waals surface area contributed by atoms with Crippen molar-refractivity contribution in [2.24, 2.45) is 5.92 Å². The zero-order valence-corrected chi connectivity index (χ0v) is 11.6. The number of rotatable bonds is 5. The van der Waals surface area contributed by atoms with Crippen molar-refractivity contribution in [2.75, 3.05) is 32.4 Å². The first-order valence-electron chi connectivity index (χ1n) is 6.40. The van der Waals surface area contributed by atoms with Gasteiger partial charge in [-0.2, -0.15) is 0 Å². The van der Waals surface area contributed by atoms with Gasteiger partial charge in [-0.1, -0.05) is 18.2 Å². The van der Waals surface area contributed by atoms with E-state index in [4.69, 9.17) is 0 Å². The van der Waals surface area contributed by atoms with Crippen LogP contribution < -0.4 is 5.32 Å². The van der Waals surface area contributed by atoms with E-state index in [9.17, 15) is 4.79 Å². The minimum absolute atomic E-state index is 0.266. The van der Waals surface area contributed by atoms with Crippen molar-refractivity contribution in [1.29, 1.82) is 0 Å². The van der Waals surface area contributed by atoms with Crippen molar-refractivity contribution in [1.82, 2.24) is 10.2 Å². The molecule has 1 atom stereocenters. The van der Waals surface area contributed by atoms with Crippen LogP contribution in [0.4, 0.5) is 0 Å². The number of thioether (sulfide) groups is 1. The van der Waals surface area contributed by atoms with Crippen LogP contribution >= 0.6 is 11.8 Å². The standard InChI is InChI=1S/C14H20N2OS/c1-15-9-12-7-8-16(10-12)14(17)11-18-13-5-3-2-4-6-13/h2-6,12,15H,7-11H2,1H3. The molecule has 1 aliphatic rings. The normalized spacial score (nSPS) is 19.2. The van der Waals surface area contributed by atoms with E-state index in [1.807, 2.05) is 42.3 Å². The van der Waals surface area contributed by atoms with Crippen LogP contribution in [-0.2, 0) is 4.79 Å². The molecule has 0 saturated carbocycles. The first kappa shape index (κ1) is 13.4. The molecular weight excluding hydrogens is 244 g/mol. The number of hydrogen-bond acceptors (Lipinski definition) is 3. The second-order valence-corrected chi connectivity index (χ2v) is 5.70. The second kappa shape index (κ2) is 6.81. The Bertz CT molecular complexity index is 383. The maximum atomic E-state index is 12.1. The minimum atomic E-state index is 0.266. The minimum Gasteiger partial charge on any atom is -0.342 e. The number of carbonyl (C=O) groups excluding carboxylic acids is 1. The number of likely N-dealkylation sites (tertiary alicyclic amines) is 1. The molecule has 1 aliphatic heterocycles. The van der Waals surface area contributed by atoms with E-state index in [0.29, 0.717) is 11.7 Å². The van der Waals surface area contributed by atoms with Crippen LogP contribution in [0.5, 0.6) is 0 Å². The summed E-state index contributed by atoms with van der Waals surface area (Å²) in [5, 5.41) is 3.18. The van der Waals surface area contributed by atoms with E-state index in [1.54, 1.807) is 11.8 Å². The maximum absolute atomic E-state index is 12.1. The number of carbonyl (C=O) groups is 1. The fraction of sp³-hybridized carbons (Fsp3) is 0.500. The van der Waals surface area contributed by atoms with Crippen molar-refractivity contribution in [2.45, 2.75) is 11.3 Å². The van der Waals surface area contributed by atoms with Gasteiger partial charge in [0.1, 0.15) is 0 Å². The fourth-order valence-electron chi connectivity index (χ4n) is 2.27. The summed E-state index contributed by atoms with van der Waals surface area (Å²) in [5.41, 5.74) is 0. The van der Waals surface area contributed by atoms with Gasteiger partial charge < -0.3 is 10.2 Å². The Morgan fingerprint density at radius 1 is 1.44 bits per heavy atom. The molecule has 98 valence electrons. The van der Waals surface area contributed by atoms with Gasteiger partial charge in [0.2, 0.25) is 5.91 Å². The summed E-state index contributed by atoms with van der Waals surface area (Å²) in [4.78, 5) is 15.2. The molecule has 1 aromatic carbocycles. The van der Waals surface area contributed by atoms with Crippen LogP contribution in [0.3, 0.4) is 0 Å². The molecule has 1 saturated heterocycles. The molecular formula is C14H20N2OS. The summed E-state index contributed by atoms with van der Waals surface area (Å²) in [6.07, 6.45) is 1.13. The third-order valence-corrected chi connectivity index (χ3v) is 4.23. The molecule has 0 aliphatic carbocycles. The van der Waals surface area contributed by atoms with Crippen molar-refractivity contribution in [3.05, 3.63) is 30.3 Å². The number of benzene rings is 1. The molecule has 4 heteroatoms. The van der Waals surface area contributed by atoms with E-state index >= 15 is 0 Å². The lowest BCUT2D eigenvalue weighted by Crippen LogP contribution is -2.31. The van der Waals surface area contributed by atoms with Crippen LogP contribution in [0, 0.1) is 5.92 Å². The molecule has 0 spiro atoms. The molecule has 1 unspecified atom stereocenters. The van der Waals surface area contributed by atoms with E-state index in [1.165, 1.54) is 0 Å². The fourth-order valence-corrected chi connectivity index (χ4v) is 3.09. The number of nitrogens with zero attached hydrogens (tertiary/aromatic N) is 1. The van der Waals surface area contributed by atoms with Crippen LogP contribution in [-0.4, -0.2) is 43.2 Å². The van der Waals surface area contributed by atoms with E-state index in [0.717, 1.165) is 31.0 Å². The second-order valence-electron chi connectivity index (χ2n) is 4.65. The molecule has 0 bridgehead atoms. The van der Waals surface area contributed by atoms with Gasteiger partial charge in [-0.05, 0) is 38.1 Å². The summed E-state index contributed by atoms with van der Waals surface area (Å²) in [5.74, 6) is 1.44. The predicted octanol–water partition coefficient (Wildman–Crippen LogP) is 1.85. The SMILES string of the molecule is CNCC1CCN(C(=O)CSc2ccccc2)C1. The highest BCUT2D eigenvalue weighted by Crippen LogP contribution is 2.20. The van der Waals surface area contributed by atoms with Gasteiger partial charge in [0, 0.05) is 18.0 Å². The van der Waals surface area contributed by atoms with Gasteiger partial charge in [-0.3, -0.25) is 4.79 Å². The highest BCUT2D eigenvalue weighted by molar-refractivity contribution is 8.00. The Labute approximate surface area is 113 Å². The lowest BCUT2D eigenvalue weighted by Gasteiger charge is -2.16. The molecule has 0 aromatic heterocycles. The summed E-state index contributed by atoms with van der Waals surface area (Å²) in [6.45, 7) is 2.84. The van der Waals surface area contributed by atoms with Gasteiger partial charge in [-0.15, -0.1) is 11.8 Å². The number of amides is 1. The van der Waals surface area contributed by atoms with Crippen molar-refractivity contribution < 1.29 is 4.79 Å². The lowest BCUT2D eigenvalue weighted by molar-refractivity contribution is -0.127. The van der Waals surface area contributed by atoms with Gasteiger partial charge in [0.05, 0.1) is 5.75 Å². The monoisotopic (exact) mass is 264 g/mol. The summed E-state index contributed by atoms with van der Waals surface area (Å²) >= 11 is 1.62. The quantitative estimate of drug-likeness (QED) is 0.824. The molecule has 1 heterocycles. The molecule has 1 aromatic rings. The van der Waals surface area contributed by atoms with E-state index in [2.05, 4.69) is 5.32 Å². The smallest absolute Gasteiger partial charge is 0.232 e. The maximum Gasteiger partial charge on any atom is 0.232 e. The van der Waals surface area contributed by atoms with Crippen molar-refractivity contribution in [3.8, 4) is 0 Å². The molecule has 0 radical (unpaired) electrons. The van der Waals surface area contributed by atoms with Crippen LogP contribution in [0.15, 0.2) is 35.2 Å². The summed E-state index contributed by atoms with van der Waals surface area (Å²) < 4.78 is 0. The van der Waals surface area contributed by atoms with Crippen LogP contribution in [0.25, 0.3) is 0 Å². The van der Waals surface area contributed by atoms with E-state index in [-0.39, 0.29) is 5.91 Å². The average molecular weight is 264 g/mol. The number of hydrogen-bond donors (Lipinski definition) is 1. The Morgan fingerprint density at radius 2 is 2.22 bits per heavy atom. The predicted molar refractivity (Wildman–Crippen MR) is 75.8 cm³/mol. The summed E-state index contributed by atoms with van der Waals surface area (Å²) in [7, 11) is 1.97. The third kappa shape index (κ3) is 3.75.